The highest BCUT2D eigenvalue weighted by atomic mass is 16.5. The molecule has 7 heteroatoms. The number of rotatable bonds is 2. The van der Waals surface area contributed by atoms with Crippen LogP contribution in [0.2, 0.25) is 0 Å². The van der Waals surface area contributed by atoms with Gasteiger partial charge in [-0.25, -0.2) is 4.98 Å². The van der Waals surface area contributed by atoms with Crippen LogP contribution in [0, 0.1) is 0 Å². The number of ether oxygens (including phenoxy) is 1. The lowest BCUT2D eigenvalue weighted by Gasteiger charge is -2.07. The molecule has 0 atom stereocenters. The first-order valence-corrected chi connectivity index (χ1v) is 6.34. The molecule has 3 rings (SSSR count). The van der Waals surface area contributed by atoms with Crippen molar-refractivity contribution in [1.29, 1.82) is 0 Å². The van der Waals surface area contributed by atoms with Crippen molar-refractivity contribution in [2.24, 2.45) is 12.8 Å². The lowest BCUT2D eigenvalue weighted by molar-refractivity contribution is -0.116. The van der Waals surface area contributed by atoms with E-state index < -0.39 is 0 Å². The first-order valence-electron chi connectivity index (χ1n) is 6.34. The Kier molecular flexibility index (Phi) is 3.11. The molecular weight excluding hydrogens is 258 g/mol. The summed E-state index contributed by atoms with van der Waals surface area (Å²) in [6.45, 7) is 0.714. The number of amides is 1. The van der Waals surface area contributed by atoms with Crippen LogP contribution < -0.4 is 15.8 Å². The second-order valence-corrected chi connectivity index (χ2v) is 4.54. The number of anilines is 1. The van der Waals surface area contributed by atoms with E-state index in [-0.39, 0.29) is 5.91 Å². The van der Waals surface area contributed by atoms with Gasteiger partial charge < -0.3 is 15.8 Å². The van der Waals surface area contributed by atoms with Gasteiger partial charge in [0.1, 0.15) is 11.6 Å². The molecule has 20 heavy (non-hydrogen) atoms. The largest absolute Gasteiger partial charge is 0.491 e. The van der Waals surface area contributed by atoms with Gasteiger partial charge >= 0.3 is 0 Å². The van der Waals surface area contributed by atoms with Crippen molar-refractivity contribution in [3.05, 3.63) is 24.0 Å². The van der Waals surface area contributed by atoms with Gasteiger partial charge in [-0.05, 0) is 18.2 Å². The second kappa shape index (κ2) is 4.93. The van der Waals surface area contributed by atoms with Crippen molar-refractivity contribution in [2.45, 2.75) is 13.0 Å². The van der Waals surface area contributed by atoms with Gasteiger partial charge in [-0.3, -0.25) is 9.48 Å². The Morgan fingerprint density at radius 3 is 3.10 bits per heavy atom. The van der Waals surface area contributed by atoms with Crippen molar-refractivity contribution >= 4 is 11.6 Å². The normalized spacial score (nSPS) is 14.2. The monoisotopic (exact) mass is 273 g/mol. The molecule has 0 unspecified atom stereocenters. The van der Waals surface area contributed by atoms with Crippen molar-refractivity contribution < 1.29 is 9.53 Å². The standard InChI is InChI=1S/C13H15N5O2/c1-18-11(7-14)16-13(17-18)8-2-3-10-9(6-8)15-12(19)4-5-20-10/h2-3,6H,4-5,7,14H2,1H3,(H,15,19). The highest BCUT2D eigenvalue weighted by Crippen LogP contribution is 2.31. The molecule has 0 aliphatic carbocycles. The predicted molar refractivity (Wildman–Crippen MR) is 73.1 cm³/mol. The molecule has 7 nitrogen and oxygen atoms in total. The van der Waals surface area contributed by atoms with Crippen molar-refractivity contribution in [3.63, 3.8) is 0 Å². The fourth-order valence-corrected chi connectivity index (χ4v) is 2.08. The third kappa shape index (κ3) is 2.23. The van der Waals surface area contributed by atoms with Crippen molar-refractivity contribution in [2.75, 3.05) is 11.9 Å². The quantitative estimate of drug-likeness (QED) is 0.838. The maximum atomic E-state index is 11.6. The summed E-state index contributed by atoms with van der Waals surface area (Å²) in [6.07, 6.45) is 0.350. The van der Waals surface area contributed by atoms with E-state index in [1.807, 2.05) is 18.2 Å². The van der Waals surface area contributed by atoms with Crippen LogP contribution in [0.4, 0.5) is 5.69 Å². The molecule has 0 saturated heterocycles. The Hall–Kier alpha value is -2.41. The Balaban J connectivity index is 2.00. The van der Waals surface area contributed by atoms with E-state index in [1.54, 1.807) is 11.7 Å². The molecule has 1 aliphatic heterocycles. The number of benzene rings is 1. The van der Waals surface area contributed by atoms with Crippen molar-refractivity contribution in [1.82, 2.24) is 14.8 Å². The van der Waals surface area contributed by atoms with Crippen LogP contribution in [-0.2, 0) is 18.4 Å². The SMILES string of the molecule is Cn1nc(-c2ccc3c(c2)NC(=O)CCO3)nc1CN. The number of nitrogens with one attached hydrogen (secondary N) is 1. The summed E-state index contributed by atoms with van der Waals surface area (Å²) in [5, 5.41) is 7.13. The molecule has 2 heterocycles. The molecule has 1 aromatic heterocycles. The summed E-state index contributed by atoms with van der Waals surface area (Å²) < 4.78 is 7.16. The third-order valence-electron chi connectivity index (χ3n) is 3.13. The Bertz CT molecular complexity index is 665. The van der Waals surface area contributed by atoms with E-state index in [2.05, 4.69) is 15.4 Å². The fraction of sp³-hybridized carbons (Fsp3) is 0.308. The molecule has 1 aromatic carbocycles. The fourth-order valence-electron chi connectivity index (χ4n) is 2.08. The van der Waals surface area contributed by atoms with Crippen molar-refractivity contribution in [3.8, 4) is 17.1 Å². The maximum absolute atomic E-state index is 11.6. The topological polar surface area (TPSA) is 95.1 Å². The predicted octanol–water partition coefficient (Wildman–Crippen LogP) is 0.662. The Morgan fingerprint density at radius 2 is 2.35 bits per heavy atom. The summed E-state index contributed by atoms with van der Waals surface area (Å²) in [6, 6.07) is 5.49. The number of aryl methyl sites for hydroxylation is 1. The smallest absolute Gasteiger partial charge is 0.227 e. The number of hydrogen-bond donors (Lipinski definition) is 2. The summed E-state index contributed by atoms with van der Waals surface area (Å²) in [5.74, 6) is 1.89. The summed E-state index contributed by atoms with van der Waals surface area (Å²) in [5.41, 5.74) is 7.05. The summed E-state index contributed by atoms with van der Waals surface area (Å²) in [4.78, 5) is 15.9. The minimum atomic E-state index is -0.0578. The molecular formula is C13H15N5O2. The molecule has 0 fully saturated rings. The lowest BCUT2D eigenvalue weighted by atomic mass is 10.1. The van der Waals surface area contributed by atoms with Gasteiger partial charge in [0.25, 0.3) is 0 Å². The molecule has 104 valence electrons. The van der Waals surface area contributed by atoms with Crippen LogP contribution in [0.5, 0.6) is 5.75 Å². The molecule has 0 saturated carbocycles. The van der Waals surface area contributed by atoms with Crippen LogP contribution in [0.15, 0.2) is 18.2 Å². The minimum absolute atomic E-state index is 0.0578. The molecule has 2 aromatic rings. The third-order valence-corrected chi connectivity index (χ3v) is 3.13. The van der Waals surface area contributed by atoms with Gasteiger partial charge in [-0.1, -0.05) is 0 Å². The van der Waals surface area contributed by atoms with E-state index in [9.17, 15) is 4.79 Å². The van der Waals surface area contributed by atoms with Crippen LogP contribution in [-0.4, -0.2) is 27.3 Å². The number of carbonyl (C=O) groups is 1. The van der Waals surface area contributed by atoms with E-state index in [4.69, 9.17) is 10.5 Å². The van der Waals surface area contributed by atoms with E-state index in [0.717, 1.165) is 5.56 Å². The zero-order valence-electron chi connectivity index (χ0n) is 11.1. The zero-order chi connectivity index (χ0) is 14.1. The Morgan fingerprint density at radius 1 is 1.50 bits per heavy atom. The first kappa shape index (κ1) is 12.6. The highest BCUT2D eigenvalue weighted by molar-refractivity contribution is 5.93. The number of fused-ring (bicyclic) bond motifs is 1. The van der Waals surface area contributed by atoms with E-state index >= 15 is 0 Å². The average Bonchev–Trinajstić information content (AvgIpc) is 2.70. The van der Waals surface area contributed by atoms with Gasteiger partial charge in [-0.2, -0.15) is 5.10 Å². The van der Waals surface area contributed by atoms with Gasteiger partial charge in [0.05, 0.1) is 25.3 Å². The van der Waals surface area contributed by atoms with E-state index in [0.29, 0.717) is 42.7 Å². The van der Waals surface area contributed by atoms with Crippen LogP contribution >= 0.6 is 0 Å². The van der Waals surface area contributed by atoms with Crippen LogP contribution in [0.25, 0.3) is 11.4 Å². The first-order chi connectivity index (χ1) is 9.67. The number of carbonyl (C=O) groups excluding carboxylic acids is 1. The Labute approximate surface area is 115 Å². The molecule has 0 radical (unpaired) electrons. The minimum Gasteiger partial charge on any atom is -0.491 e. The van der Waals surface area contributed by atoms with Crippen LogP contribution in [0.1, 0.15) is 12.2 Å². The van der Waals surface area contributed by atoms with E-state index in [1.165, 1.54) is 0 Å². The molecule has 0 spiro atoms. The number of nitrogens with two attached hydrogens (primary N) is 1. The van der Waals surface area contributed by atoms with Crippen LogP contribution in [0.3, 0.4) is 0 Å². The summed E-state index contributed by atoms with van der Waals surface area (Å²) in [7, 11) is 1.80. The van der Waals surface area contributed by atoms with Gasteiger partial charge in [0.2, 0.25) is 5.91 Å². The highest BCUT2D eigenvalue weighted by Gasteiger charge is 2.16. The number of aromatic nitrogens is 3. The molecule has 0 bridgehead atoms. The number of nitrogens with zero attached hydrogens (tertiary/aromatic N) is 3. The zero-order valence-corrected chi connectivity index (χ0v) is 11.1. The lowest BCUT2D eigenvalue weighted by Crippen LogP contribution is -2.10. The second-order valence-electron chi connectivity index (χ2n) is 4.54. The molecule has 1 amide bonds. The molecule has 3 N–H and O–H groups in total. The maximum Gasteiger partial charge on any atom is 0.227 e. The van der Waals surface area contributed by atoms with Gasteiger partial charge in [0.15, 0.2) is 5.82 Å². The average molecular weight is 273 g/mol. The molecule has 1 aliphatic rings. The summed E-state index contributed by atoms with van der Waals surface area (Å²) >= 11 is 0. The van der Waals surface area contributed by atoms with Gasteiger partial charge in [0, 0.05) is 12.6 Å². The van der Waals surface area contributed by atoms with Gasteiger partial charge in [-0.15, -0.1) is 0 Å². The number of hydrogen-bond acceptors (Lipinski definition) is 5.